The van der Waals surface area contributed by atoms with Crippen molar-refractivity contribution in [2.75, 3.05) is 20.3 Å². The summed E-state index contributed by atoms with van der Waals surface area (Å²) in [5.74, 6) is 0.782. The number of amides is 1. The molecule has 35 heavy (non-hydrogen) atoms. The monoisotopic (exact) mass is 509 g/mol. The van der Waals surface area contributed by atoms with Gasteiger partial charge in [0.1, 0.15) is 11.4 Å². The fourth-order valence-corrected chi connectivity index (χ4v) is 4.12. The number of hydrogen-bond donors (Lipinski definition) is 0. The number of aryl methyl sites for hydroxylation is 1. The zero-order valence-corrected chi connectivity index (χ0v) is 21.0. The second-order valence-electron chi connectivity index (χ2n) is 7.85. The summed E-state index contributed by atoms with van der Waals surface area (Å²) in [5, 5.41) is 5.61. The van der Waals surface area contributed by atoms with Gasteiger partial charge in [0.2, 0.25) is 5.88 Å². The van der Waals surface area contributed by atoms with Crippen LogP contribution >= 0.6 is 23.2 Å². The molecule has 0 fully saturated rings. The lowest BCUT2D eigenvalue weighted by Crippen LogP contribution is -2.33. The largest absolute Gasteiger partial charge is 0.437 e. The van der Waals surface area contributed by atoms with Crippen LogP contribution in [0.1, 0.15) is 15.9 Å². The molecule has 3 aromatic carbocycles. The first-order chi connectivity index (χ1) is 17.0. The Morgan fingerprint density at radius 2 is 1.60 bits per heavy atom. The van der Waals surface area contributed by atoms with Crippen LogP contribution in [-0.4, -0.2) is 40.8 Å². The summed E-state index contributed by atoms with van der Waals surface area (Å²) in [6.45, 7) is 0.943. The summed E-state index contributed by atoms with van der Waals surface area (Å²) >= 11 is 12.7. The molecule has 0 N–H and O–H groups in total. The molecule has 1 aromatic heterocycles. The van der Waals surface area contributed by atoms with Crippen molar-refractivity contribution in [3.05, 3.63) is 100 Å². The molecular formula is C27H25Cl2N3O3. The maximum atomic E-state index is 13.6. The molecule has 0 unspecified atom stereocenters. The Bertz CT molecular complexity index is 1310. The molecule has 8 heteroatoms. The number of carbonyl (C=O) groups is 1. The first-order valence-electron chi connectivity index (χ1n) is 11.1. The highest BCUT2D eigenvalue weighted by molar-refractivity contribution is 6.33. The zero-order valence-electron chi connectivity index (χ0n) is 19.4. The lowest BCUT2D eigenvalue weighted by atomic mass is 10.1. The van der Waals surface area contributed by atoms with Crippen molar-refractivity contribution in [3.63, 3.8) is 0 Å². The SMILES string of the molecule is COCCN(Cc1c(-c2ccccc2)nn(C)c1Oc1ccccc1Cl)C(=O)c1ccccc1Cl. The first-order valence-corrected chi connectivity index (χ1v) is 11.8. The van der Waals surface area contributed by atoms with Gasteiger partial charge in [0.15, 0.2) is 0 Å². The standard InChI is InChI=1S/C27H25Cl2N3O3/c1-31-27(35-24-15-9-8-14-23(24)29)21(25(30-31)19-10-4-3-5-11-19)18-32(16-17-34-2)26(33)20-12-6-7-13-22(20)28/h3-15H,16-18H2,1-2H3. The van der Waals surface area contributed by atoms with Crippen molar-refractivity contribution in [3.8, 4) is 22.9 Å². The van der Waals surface area contributed by atoms with Crippen LogP contribution < -0.4 is 4.74 Å². The number of halogens is 2. The van der Waals surface area contributed by atoms with Gasteiger partial charge in [-0.05, 0) is 24.3 Å². The second kappa shape index (κ2) is 11.4. The van der Waals surface area contributed by atoms with Gasteiger partial charge in [0.05, 0.1) is 34.3 Å². The van der Waals surface area contributed by atoms with Gasteiger partial charge in [-0.3, -0.25) is 4.79 Å². The van der Waals surface area contributed by atoms with Crippen LogP contribution in [0.15, 0.2) is 78.9 Å². The van der Waals surface area contributed by atoms with E-state index in [9.17, 15) is 4.79 Å². The third-order valence-electron chi connectivity index (χ3n) is 5.48. The number of aromatic nitrogens is 2. The average molecular weight is 510 g/mol. The molecule has 180 valence electrons. The maximum absolute atomic E-state index is 13.6. The Balaban J connectivity index is 1.79. The van der Waals surface area contributed by atoms with Crippen LogP contribution in [0.4, 0.5) is 0 Å². The van der Waals surface area contributed by atoms with Crippen LogP contribution in [0.25, 0.3) is 11.3 Å². The molecule has 1 amide bonds. The van der Waals surface area contributed by atoms with Gasteiger partial charge in [-0.2, -0.15) is 5.10 Å². The Hall–Kier alpha value is -3.32. The van der Waals surface area contributed by atoms with Gasteiger partial charge >= 0.3 is 0 Å². The van der Waals surface area contributed by atoms with Crippen LogP contribution in [0.5, 0.6) is 11.6 Å². The minimum Gasteiger partial charge on any atom is -0.437 e. The van der Waals surface area contributed by atoms with Crippen molar-refractivity contribution in [2.45, 2.75) is 6.54 Å². The lowest BCUT2D eigenvalue weighted by molar-refractivity contribution is 0.0680. The van der Waals surface area contributed by atoms with Gasteiger partial charge in [0.25, 0.3) is 5.91 Å². The zero-order chi connectivity index (χ0) is 24.8. The normalized spacial score (nSPS) is 10.9. The van der Waals surface area contributed by atoms with Crippen molar-refractivity contribution in [1.29, 1.82) is 0 Å². The van der Waals surface area contributed by atoms with Crippen LogP contribution in [-0.2, 0) is 18.3 Å². The van der Waals surface area contributed by atoms with Gasteiger partial charge in [-0.1, -0.05) is 77.8 Å². The molecule has 6 nitrogen and oxygen atoms in total. The molecule has 0 aliphatic rings. The van der Waals surface area contributed by atoms with E-state index in [1.165, 1.54) is 0 Å². The molecule has 0 atom stereocenters. The quantitative estimate of drug-likeness (QED) is 0.259. The number of benzene rings is 3. The molecule has 0 saturated heterocycles. The second-order valence-corrected chi connectivity index (χ2v) is 8.67. The van der Waals surface area contributed by atoms with Crippen molar-refractivity contribution < 1.29 is 14.3 Å². The van der Waals surface area contributed by atoms with Gasteiger partial charge in [-0.25, -0.2) is 4.68 Å². The highest BCUT2D eigenvalue weighted by Gasteiger charge is 2.26. The summed E-state index contributed by atoms with van der Waals surface area (Å²) in [5.41, 5.74) is 2.78. The Morgan fingerprint density at radius 1 is 0.943 bits per heavy atom. The number of para-hydroxylation sites is 1. The number of methoxy groups -OCH3 is 1. The Labute approximate surface area is 214 Å². The Morgan fingerprint density at radius 3 is 2.29 bits per heavy atom. The molecular weight excluding hydrogens is 485 g/mol. The number of hydrogen-bond acceptors (Lipinski definition) is 4. The van der Waals surface area contributed by atoms with E-state index in [0.29, 0.717) is 46.1 Å². The molecule has 0 saturated carbocycles. The fourth-order valence-electron chi connectivity index (χ4n) is 3.73. The van der Waals surface area contributed by atoms with E-state index in [1.807, 2.05) is 42.5 Å². The maximum Gasteiger partial charge on any atom is 0.255 e. The highest BCUT2D eigenvalue weighted by atomic mass is 35.5. The van der Waals surface area contributed by atoms with Gasteiger partial charge < -0.3 is 14.4 Å². The molecule has 0 spiro atoms. The summed E-state index contributed by atoms with van der Waals surface area (Å²) < 4.78 is 13.2. The van der Waals surface area contributed by atoms with E-state index in [0.717, 1.165) is 11.1 Å². The molecule has 0 aliphatic heterocycles. The van der Waals surface area contributed by atoms with E-state index < -0.39 is 0 Å². The fraction of sp³-hybridized carbons (Fsp3) is 0.185. The highest BCUT2D eigenvalue weighted by Crippen LogP contribution is 2.36. The topological polar surface area (TPSA) is 56.6 Å². The smallest absolute Gasteiger partial charge is 0.255 e. The minimum atomic E-state index is -0.209. The summed E-state index contributed by atoms with van der Waals surface area (Å²) in [7, 11) is 3.40. The van der Waals surface area contributed by atoms with Gasteiger partial charge in [-0.15, -0.1) is 0 Å². The summed E-state index contributed by atoms with van der Waals surface area (Å²) in [4.78, 5) is 15.2. The van der Waals surface area contributed by atoms with E-state index in [-0.39, 0.29) is 12.5 Å². The number of rotatable bonds is 9. The lowest BCUT2D eigenvalue weighted by Gasteiger charge is -2.24. The van der Waals surface area contributed by atoms with E-state index in [1.54, 1.807) is 60.1 Å². The summed E-state index contributed by atoms with van der Waals surface area (Å²) in [6.07, 6.45) is 0. The van der Waals surface area contributed by atoms with Crippen LogP contribution in [0.3, 0.4) is 0 Å². The number of ether oxygens (including phenoxy) is 2. The summed E-state index contributed by atoms with van der Waals surface area (Å²) in [6, 6.07) is 24.0. The van der Waals surface area contributed by atoms with E-state index >= 15 is 0 Å². The first kappa shape index (κ1) is 24.8. The van der Waals surface area contributed by atoms with Crippen molar-refractivity contribution in [1.82, 2.24) is 14.7 Å². The van der Waals surface area contributed by atoms with Crippen LogP contribution in [0, 0.1) is 0 Å². The van der Waals surface area contributed by atoms with E-state index in [2.05, 4.69) is 0 Å². The molecule has 0 radical (unpaired) electrons. The number of nitrogens with zero attached hydrogens (tertiary/aromatic N) is 3. The van der Waals surface area contributed by atoms with Crippen LogP contribution in [0.2, 0.25) is 10.0 Å². The van der Waals surface area contributed by atoms with Crippen molar-refractivity contribution >= 4 is 29.1 Å². The average Bonchev–Trinajstić information content (AvgIpc) is 3.18. The third kappa shape index (κ3) is 5.68. The minimum absolute atomic E-state index is 0.209. The Kier molecular flexibility index (Phi) is 8.08. The molecule has 0 bridgehead atoms. The van der Waals surface area contributed by atoms with Crippen molar-refractivity contribution in [2.24, 2.45) is 7.05 Å². The van der Waals surface area contributed by atoms with E-state index in [4.69, 9.17) is 37.8 Å². The molecule has 4 rings (SSSR count). The molecule has 4 aromatic rings. The van der Waals surface area contributed by atoms with Gasteiger partial charge in [0, 0.05) is 26.3 Å². The molecule has 1 heterocycles. The predicted molar refractivity (Wildman–Crippen MR) is 138 cm³/mol. The molecule has 0 aliphatic carbocycles. The predicted octanol–water partition coefficient (Wildman–Crippen LogP) is 6.48. The third-order valence-corrected chi connectivity index (χ3v) is 6.13. The number of carbonyl (C=O) groups excluding carboxylic acids is 1.